The monoisotopic (exact) mass is 310 g/mol. The Labute approximate surface area is 116 Å². The highest BCUT2D eigenvalue weighted by Gasteiger charge is 2.31. The molecule has 0 radical (unpaired) electrons. The van der Waals surface area contributed by atoms with Gasteiger partial charge in [0.2, 0.25) is 10.0 Å². The van der Waals surface area contributed by atoms with Crippen molar-refractivity contribution in [2.45, 2.75) is 31.8 Å². The van der Waals surface area contributed by atoms with E-state index in [1.807, 2.05) is 6.92 Å². The molecule has 4 nitrogen and oxygen atoms in total. The molecule has 0 aliphatic carbocycles. The third-order valence-electron chi connectivity index (χ3n) is 2.57. The molecule has 0 aliphatic rings. The smallest absolute Gasteiger partial charge is 0.385 e. The Kier molecular flexibility index (Phi) is 5.04. The maximum Gasteiger partial charge on any atom is 0.402 e. The Morgan fingerprint density at radius 2 is 1.65 bits per heavy atom. The zero-order chi connectivity index (χ0) is 15.6. The molecule has 0 saturated carbocycles. The molecular weight excluding hydrogens is 293 g/mol. The summed E-state index contributed by atoms with van der Waals surface area (Å²) in [4.78, 5) is -0.108. The van der Waals surface area contributed by atoms with Crippen LogP contribution in [0.15, 0.2) is 17.0 Å². The number of anilines is 1. The molecule has 0 heterocycles. The fourth-order valence-electron chi connectivity index (χ4n) is 1.93. The number of halogens is 3. The van der Waals surface area contributed by atoms with Crippen molar-refractivity contribution in [3.63, 3.8) is 0 Å². The number of hydrogen-bond acceptors (Lipinski definition) is 3. The van der Waals surface area contributed by atoms with E-state index in [2.05, 4.69) is 5.32 Å². The van der Waals surface area contributed by atoms with Gasteiger partial charge in [0.15, 0.2) is 0 Å². The van der Waals surface area contributed by atoms with E-state index in [-0.39, 0.29) is 4.90 Å². The van der Waals surface area contributed by atoms with Gasteiger partial charge in [0, 0.05) is 12.2 Å². The zero-order valence-corrected chi connectivity index (χ0v) is 12.2. The molecule has 114 valence electrons. The van der Waals surface area contributed by atoms with E-state index in [1.165, 1.54) is 0 Å². The van der Waals surface area contributed by atoms with Gasteiger partial charge in [-0.15, -0.1) is 0 Å². The Hall–Kier alpha value is -1.28. The van der Waals surface area contributed by atoms with Crippen LogP contribution in [0.2, 0.25) is 0 Å². The predicted molar refractivity (Wildman–Crippen MR) is 71.3 cm³/mol. The molecule has 0 bridgehead atoms. The van der Waals surface area contributed by atoms with Crippen LogP contribution in [0.25, 0.3) is 0 Å². The van der Waals surface area contributed by atoms with Crippen LogP contribution in [0.1, 0.15) is 18.1 Å². The summed E-state index contributed by atoms with van der Waals surface area (Å²) < 4.78 is 61.9. The predicted octanol–water partition coefficient (Wildman–Crippen LogP) is 2.58. The van der Waals surface area contributed by atoms with Crippen LogP contribution >= 0.6 is 0 Å². The van der Waals surface area contributed by atoms with Crippen molar-refractivity contribution in [3.8, 4) is 0 Å². The maximum atomic E-state index is 12.1. The van der Waals surface area contributed by atoms with Crippen LogP contribution in [0.5, 0.6) is 0 Å². The van der Waals surface area contributed by atoms with Crippen molar-refractivity contribution < 1.29 is 21.6 Å². The lowest BCUT2D eigenvalue weighted by Crippen LogP contribution is -2.34. The molecule has 0 unspecified atom stereocenters. The minimum Gasteiger partial charge on any atom is -0.385 e. The first kappa shape index (κ1) is 16.8. The Morgan fingerprint density at radius 1 is 1.15 bits per heavy atom. The maximum absolute atomic E-state index is 12.1. The van der Waals surface area contributed by atoms with Crippen molar-refractivity contribution in [1.29, 1.82) is 0 Å². The second-order valence-corrected chi connectivity index (χ2v) is 6.11. The fraction of sp³-hybridized carbons (Fsp3) is 0.500. The number of alkyl halides is 3. The first-order chi connectivity index (χ1) is 9.07. The average Bonchev–Trinajstić information content (AvgIpc) is 2.24. The van der Waals surface area contributed by atoms with Crippen molar-refractivity contribution in [1.82, 2.24) is 4.72 Å². The molecule has 2 N–H and O–H groups in total. The van der Waals surface area contributed by atoms with Gasteiger partial charge in [0.25, 0.3) is 0 Å². The van der Waals surface area contributed by atoms with Crippen molar-refractivity contribution in [2.75, 3.05) is 18.4 Å². The molecule has 0 aromatic heterocycles. The Morgan fingerprint density at radius 3 is 2.05 bits per heavy atom. The first-order valence-electron chi connectivity index (χ1n) is 5.98. The Bertz CT molecular complexity index is 560. The molecule has 1 aromatic rings. The molecule has 1 aromatic carbocycles. The highest BCUT2D eigenvalue weighted by Crippen LogP contribution is 2.25. The number of nitrogens with one attached hydrogen (secondary N) is 2. The summed E-state index contributed by atoms with van der Waals surface area (Å²) in [7, 11) is -4.18. The van der Waals surface area contributed by atoms with Gasteiger partial charge < -0.3 is 5.32 Å². The van der Waals surface area contributed by atoms with Crippen LogP contribution in [0.3, 0.4) is 0 Å². The number of aryl methyl sites for hydroxylation is 2. The minimum atomic E-state index is -4.58. The number of benzene rings is 1. The summed E-state index contributed by atoms with van der Waals surface area (Å²) in [6.07, 6.45) is -4.58. The van der Waals surface area contributed by atoms with Crippen molar-refractivity contribution in [3.05, 3.63) is 23.3 Å². The van der Waals surface area contributed by atoms with E-state index in [9.17, 15) is 21.6 Å². The van der Waals surface area contributed by atoms with Crippen molar-refractivity contribution in [2.24, 2.45) is 0 Å². The third-order valence-corrected chi connectivity index (χ3v) is 4.28. The molecule has 0 saturated heterocycles. The fourth-order valence-corrected chi connectivity index (χ4v) is 3.39. The molecule has 20 heavy (non-hydrogen) atoms. The van der Waals surface area contributed by atoms with Crippen LogP contribution in [0.4, 0.5) is 18.9 Å². The van der Waals surface area contributed by atoms with E-state index >= 15 is 0 Å². The topological polar surface area (TPSA) is 58.2 Å². The minimum absolute atomic E-state index is 0.108. The van der Waals surface area contributed by atoms with E-state index in [0.29, 0.717) is 17.7 Å². The quantitative estimate of drug-likeness (QED) is 0.879. The Balaban J connectivity index is 3.13. The van der Waals surface area contributed by atoms with Crippen LogP contribution in [0, 0.1) is 13.8 Å². The van der Waals surface area contributed by atoms with E-state index in [4.69, 9.17) is 0 Å². The highest BCUT2D eigenvalue weighted by molar-refractivity contribution is 7.89. The van der Waals surface area contributed by atoms with Gasteiger partial charge in [-0.25, -0.2) is 13.1 Å². The van der Waals surface area contributed by atoms with E-state index in [1.54, 1.807) is 30.7 Å². The summed E-state index contributed by atoms with van der Waals surface area (Å²) >= 11 is 0. The average molecular weight is 310 g/mol. The lowest BCUT2D eigenvalue weighted by atomic mass is 10.1. The van der Waals surface area contributed by atoms with E-state index < -0.39 is 22.7 Å². The lowest BCUT2D eigenvalue weighted by Gasteiger charge is -2.15. The molecule has 0 atom stereocenters. The van der Waals surface area contributed by atoms with Gasteiger partial charge in [-0.1, -0.05) is 0 Å². The second-order valence-electron chi connectivity index (χ2n) is 4.41. The number of rotatable bonds is 5. The van der Waals surface area contributed by atoms with Gasteiger partial charge >= 0.3 is 6.18 Å². The molecule has 8 heteroatoms. The van der Waals surface area contributed by atoms with Crippen LogP contribution in [-0.2, 0) is 10.0 Å². The molecule has 1 rings (SSSR count). The number of hydrogen-bond donors (Lipinski definition) is 2. The second kappa shape index (κ2) is 6.01. The summed E-state index contributed by atoms with van der Waals surface area (Å²) in [6, 6.07) is 3.19. The number of sulfonamides is 1. The summed E-state index contributed by atoms with van der Waals surface area (Å²) in [5.41, 5.74) is 1.53. The van der Waals surface area contributed by atoms with Gasteiger partial charge in [-0.05, 0) is 44.0 Å². The highest BCUT2D eigenvalue weighted by atomic mass is 32.2. The van der Waals surface area contributed by atoms with E-state index in [0.717, 1.165) is 5.69 Å². The lowest BCUT2D eigenvalue weighted by molar-refractivity contribution is -0.121. The largest absolute Gasteiger partial charge is 0.402 e. The van der Waals surface area contributed by atoms with Gasteiger partial charge in [-0.2, -0.15) is 13.2 Å². The van der Waals surface area contributed by atoms with Crippen LogP contribution in [-0.4, -0.2) is 27.7 Å². The van der Waals surface area contributed by atoms with Gasteiger partial charge in [0.1, 0.15) is 6.54 Å². The molecule has 0 amide bonds. The zero-order valence-electron chi connectivity index (χ0n) is 11.4. The first-order valence-corrected chi connectivity index (χ1v) is 7.46. The standard InChI is InChI=1S/C12H17F3N2O2S/c1-4-16-10-5-8(2)11(9(3)6-10)20(18,19)17-7-12(13,14)15/h5-6,16-17H,4,7H2,1-3H3. The summed E-state index contributed by atoms with van der Waals surface area (Å²) in [5, 5.41) is 3.03. The van der Waals surface area contributed by atoms with Gasteiger partial charge in [0.05, 0.1) is 4.90 Å². The molecular formula is C12H17F3N2O2S. The summed E-state index contributed by atoms with van der Waals surface area (Å²) in [6.45, 7) is 4.08. The van der Waals surface area contributed by atoms with Crippen LogP contribution < -0.4 is 10.0 Å². The molecule has 0 fully saturated rings. The van der Waals surface area contributed by atoms with Crippen molar-refractivity contribution >= 4 is 15.7 Å². The SMILES string of the molecule is CCNc1cc(C)c(S(=O)(=O)NCC(F)(F)F)c(C)c1. The molecule has 0 spiro atoms. The van der Waals surface area contributed by atoms with Gasteiger partial charge in [-0.3, -0.25) is 0 Å². The normalized spacial score (nSPS) is 12.5. The third kappa shape index (κ3) is 4.38. The molecule has 0 aliphatic heterocycles. The summed E-state index contributed by atoms with van der Waals surface area (Å²) in [5.74, 6) is 0.